The number of hydrogen-bond acceptors (Lipinski definition) is 2. The summed E-state index contributed by atoms with van der Waals surface area (Å²) in [5.41, 5.74) is 1.17. The van der Waals surface area contributed by atoms with E-state index in [1.165, 1.54) is 77.0 Å². The smallest absolute Gasteiger partial charge is 0.254 e. The van der Waals surface area contributed by atoms with Gasteiger partial charge in [0.1, 0.15) is 6.04 Å². The van der Waals surface area contributed by atoms with Gasteiger partial charge in [0.15, 0.2) is 0 Å². The molecule has 2 fully saturated rings. The quantitative estimate of drug-likeness (QED) is 0.371. The lowest BCUT2D eigenvalue weighted by molar-refractivity contribution is -0.126. The normalized spacial score (nSPS) is 28.0. The van der Waals surface area contributed by atoms with Crippen LogP contribution in [-0.4, -0.2) is 23.4 Å². The van der Waals surface area contributed by atoms with Crippen molar-refractivity contribution in [3.63, 3.8) is 0 Å². The molecule has 1 saturated heterocycles. The third kappa shape index (κ3) is 5.28. The molecule has 154 valence electrons. The first-order chi connectivity index (χ1) is 13.7. The maximum Gasteiger partial charge on any atom is 0.254 e. The standard InChI is InChI=1S/C25H38N2O/c1-2-3-4-5-6-7-8-9-10-11-15-25-16-14-21(18-22(25)19-25)24(28)27-17-12-13-23(27)20-26/h14,16,18,22-23H,2-13,15,17,19H2,1H3/t22?,23-,25?/m1/s1. The summed E-state index contributed by atoms with van der Waals surface area (Å²) < 4.78 is 0. The van der Waals surface area contributed by atoms with Crippen LogP contribution in [-0.2, 0) is 4.79 Å². The van der Waals surface area contributed by atoms with Crippen molar-refractivity contribution in [1.82, 2.24) is 4.90 Å². The van der Waals surface area contributed by atoms with Gasteiger partial charge in [0.25, 0.3) is 5.91 Å². The van der Waals surface area contributed by atoms with Gasteiger partial charge in [-0.05, 0) is 37.0 Å². The summed E-state index contributed by atoms with van der Waals surface area (Å²) in [6.07, 6.45) is 24.7. The number of fused-ring (bicyclic) bond motifs is 1. The van der Waals surface area contributed by atoms with Crippen LogP contribution < -0.4 is 0 Å². The fourth-order valence-electron chi connectivity index (χ4n) is 5.06. The third-order valence-electron chi connectivity index (χ3n) is 7.06. The fraction of sp³-hybridized carbons (Fsp3) is 0.760. The first-order valence-electron chi connectivity index (χ1n) is 11.8. The Balaban J connectivity index is 1.31. The maximum absolute atomic E-state index is 12.7. The Morgan fingerprint density at radius 3 is 2.46 bits per heavy atom. The Morgan fingerprint density at radius 1 is 1.14 bits per heavy atom. The summed E-state index contributed by atoms with van der Waals surface area (Å²) in [6, 6.07) is 2.06. The summed E-state index contributed by atoms with van der Waals surface area (Å²) in [4.78, 5) is 14.5. The maximum atomic E-state index is 12.7. The third-order valence-corrected chi connectivity index (χ3v) is 7.06. The molecule has 1 saturated carbocycles. The highest BCUT2D eigenvalue weighted by atomic mass is 16.2. The number of unbranched alkanes of at least 4 members (excludes halogenated alkanes) is 9. The van der Waals surface area contributed by atoms with Crippen molar-refractivity contribution < 1.29 is 4.79 Å². The van der Waals surface area contributed by atoms with E-state index in [-0.39, 0.29) is 11.9 Å². The van der Waals surface area contributed by atoms with Crippen LogP contribution in [0.5, 0.6) is 0 Å². The Morgan fingerprint density at radius 2 is 1.82 bits per heavy atom. The molecule has 0 aromatic rings. The van der Waals surface area contributed by atoms with Crippen molar-refractivity contribution in [1.29, 1.82) is 5.26 Å². The van der Waals surface area contributed by atoms with Gasteiger partial charge in [-0.2, -0.15) is 5.26 Å². The van der Waals surface area contributed by atoms with Crippen molar-refractivity contribution >= 4 is 5.91 Å². The van der Waals surface area contributed by atoms with Gasteiger partial charge in [-0.1, -0.05) is 89.4 Å². The molecule has 0 radical (unpaired) electrons. The van der Waals surface area contributed by atoms with Crippen LogP contribution in [0.1, 0.15) is 96.8 Å². The number of likely N-dealkylation sites (tertiary alicyclic amines) is 1. The lowest BCUT2D eigenvalue weighted by Gasteiger charge is -2.22. The molecule has 1 amide bonds. The lowest BCUT2D eigenvalue weighted by Crippen LogP contribution is -2.35. The number of carbonyl (C=O) groups is 1. The number of hydrogen-bond donors (Lipinski definition) is 0. The zero-order valence-corrected chi connectivity index (χ0v) is 17.8. The highest BCUT2D eigenvalue weighted by Crippen LogP contribution is 2.60. The van der Waals surface area contributed by atoms with Crippen LogP contribution in [0.15, 0.2) is 23.8 Å². The molecule has 3 atom stereocenters. The molecule has 1 aliphatic heterocycles. The van der Waals surface area contributed by atoms with E-state index in [0.29, 0.717) is 11.3 Å². The summed E-state index contributed by atoms with van der Waals surface area (Å²) >= 11 is 0. The molecule has 2 aliphatic carbocycles. The van der Waals surface area contributed by atoms with Crippen molar-refractivity contribution in [2.45, 2.75) is 103 Å². The number of nitriles is 1. The van der Waals surface area contributed by atoms with Gasteiger partial charge in [0.2, 0.25) is 0 Å². The first kappa shape index (κ1) is 21.2. The minimum absolute atomic E-state index is 0.0692. The highest BCUT2D eigenvalue weighted by molar-refractivity contribution is 5.97. The van der Waals surface area contributed by atoms with Gasteiger partial charge in [0.05, 0.1) is 6.07 Å². The lowest BCUT2D eigenvalue weighted by atomic mass is 9.90. The van der Waals surface area contributed by atoms with Crippen LogP contribution in [0.4, 0.5) is 0 Å². The van der Waals surface area contributed by atoms with Crippen LogP contribution in [0.3, 0.4) is 0 Å². The molecule has 0 bridgehead atoms. The van der Waals surface area contributed by atoms with E-state index in [2.05, 4.69) is 31.2 Å². The molecule has 28 heavy (non-hydrogen) atoms. The summed E-state index contributed by atoms with van der Waals surface area (Å²) in [7, 11) is 0. The molecule has 0 spiro atoms. The van der Waals surface area contributed by atoms with E-state index in [1.807, 2.05) is 0 Å². The molecule has 1 heterocycles. The molecular formula is C25H38N2O. The molecule has 3 heteroatoms. The minimum atomic E-state index is -0.223. The summed E-state index contributed by atoms with van der Waals surface area (Å²) in [5, 5.41) is 9.23. The number of nitrogens with zero attached hydrogens (tertiary/aromatic N) is 2. The second-order valence-electron chi connectivity index (χ2n) is 9.22. The van der Waals surface area contributed by atoms with E-state index in [9.17, 15) is 10.1 Å². The van der Waals surface area contributed by atoms with Crippen molar-refractivity contribution in [3.8, 4) is 6.07 Å². The zero-order valence-electron chi connectivity index (χ0n) is 17.8. The van der Waals surface area contributed by atoms with E-state index in [4.69, 9.17) is 0 Å². The predicted octanol–water partition coefficient (Wildman–Crippen LogP) is 6.31. The first-order valence-corrected chi connectivity index (χ1v) is 11.8. The summed E-state index contributed by atoms with van der Waals surface area (Å²) in [6.45, 7) is 3.01. The Bertz CT molecular complexity index is 629. The molecule has 0 aromatic heterocycles. The highest BCUT2D eigenvalue weighted by Gasteiger charge is 2.51. The van der Waals surface area contributed by atoms with E-state index < -0.39 is 0 Å². The Labute approximate surface area is 171 Å². The van der Waals surface area contributed by atoms with Gasteiger partial charge >= 0.3 is 0 Å². The van der Waals surface area contributed by atoms with Crippen LogP contribution in [0.2, 0.25) is 0 Å². The fourth-order valence-corrected chi connectivity index (χ4v) is 5.06. The van der Waals surface area contributed by atoms with Crippen molar-refractivity contribution in [2.75, 3.05) is 6.54 Å². The van der Waals surface area contributed by atoms with Crippen LogP contribution >= 0.6 is 0 Å². The molecule has 0 aromatic carbocycles. The van der Waals surface area contributed by atoms with Gasteiger partial charge in [-0.3, -0.25) is 4.79 Å². The van der Waals surface area contributed by atoms with Crippen LogP contribution in [0.25, 0.3) is 0 Å². The molecule has 0 N–H and O–H groups in total. The topological polar surface area (TPSA) is 44.1 Å². The number of allylic oxidation sites excluding steroid dienone is 2. The molecule has 2 unspecified atom stereocenters. The van der Waals surface area contributed by atoms with E-state index in [1.54, 1.807) is 4.90 Å². The van der Waals surface area contributed by atoms with E-state index in [0.717, 1.165) is 25.0 Å². The van der Waals surface area contributed by atoms with Gasteiger partial charge in [-0.15, -0.1) is 0 Å². The van der Waals surface area contributed by atoms with Gasteiger partial charge in [-0.25, -0.2) is 0 Å². The molecular weight excluding hydrogens is 344 g/mol. The Kier molecular flexibility index (Phi) is 7.77. The molecule has 3 aliphatic rings. The molecule has 3 nitrogen and oxygen atoms in total. The van der Waals surface area contributed by atoms with Crippen LogP contribution in [0, 0.1) is 22.7 Å². The molecule has 3 rings (SSSR count). The van der Waals surface area contributed by atoms with Crippen molar-refractivity contribution in [3.05, 3.63) is 23.8 Å². The number of carbonyl (C=O) groups excluding carboxylic acids is 1. The number of rotatable bonds is 12. The SMILES string of the molecule is CCCCCCCCCCCCC12C=CC(C(=O)N3CCC[C@@H]3C#N)=CC1C2. The van der Waals surface area contributed by atoms with Gasteiger partial charge in [0, 0.05) is 12.1 Å². The summed E-state index contributed by atoms with van der Waals surface area (Å²) in [5.74, 6) is 0.623. The second-order valence-corrected chi connectivity index (χ2v) is 9.22. The van der Waals surface area contributed by atoms with Crippen molar-refractivity contribution in [2.24, 2.45) is 11.3 Å². The zero-order chi connectivity index (χ0) is 19.8. The number of amides is 1. The minimum Gasteiger partial charge on any atom is -0.323 e. The average Bonchev–Trinajstić information content (AvgIpc) is 3.22. The monoisotopic (exact) mass is 382 g/mol. The second kappa shape index (κ2) is 10.3. The average molecular weight is 383 g/mol. The Hall–Kier alpha value is -1.56. The van der Waals surface area contributed by atoms with E-state index >= 15 is 0 Å². The predicted molar refractivity (Wildman–Crippen MR) is 115 cm³/mol. The largest absolute Gasteiger partial charge is 0.323 e. The van der Waals surface area contributed by atoms with Gasteiger partial charge < -0.3 is 4.90 Å².